The van der Waals surface area contributed by atoms with Crippen molar-refractivity contribution in [1.29, 1.82) is 0 Å². The summed E-state index contributed by atoms with van der Waals surface area (Å²) >= 11 is 0. The fraction of sp³-hybridized carbons (Fsp3) is 1.00. The van der Waals surface area contributed by atoms with Gasteiger partial charge >= 0.3 is 0 Å². The standard InChI is InChI=1S/C16H36N2Si2/c1-16(19(2,3)17-12-8-6-9-13-17)20(4,5)18-14-10-7-11-15-18/h16H,6-15H2,1-5H3. The summed E-state index contributed by atoms with van der Waals surface area (Å²) in [6, 6.07) is 0. The van der Waals surface area contributed by atoms with Gasteiger partial charge in [0.15, 0.2) is 0 Å². The van der Waals surface area contributed by atoms with Crippen molar-refractivity contribution >= 4 is 16.5 Å². The Hall–Kier alpha value is 0.354. The number of hydrogen-bond donors (Lipinski definition) is 0. The summed E-state index contributed by atoms with van der Waals surface area (Å²) in [5, 5.41) is 0.964. The Kier molecular flexibility index (Phi) is 5.54. The quantitative estimate of drug-likeness (QED) is 0.714. The third-order valence-electron chi connectivity index (χ3n) is 6.46. The van der Waals surface area contributed by atoms with Crippen LogP contribution in [0.3, 0.4) is 0 Å². The average Bonchev–Trinajstić information content (AvgIpc) is 2.48. The molecule has 2 fully saturated rings. The van der Waals surface area contributed by atoms with E-state index in [4.69, 9.17) is 0 Å². The molecule has 2 heterocycles. The van der Waals surface area contributed by atoms with Crippen LogP contribution in [0.2, 0.25) is 31.4 Å². The molecule has 0 N–H and O–H groups in total. The monoisotopic (exact) mass is 312 g/mol. The van der Waals surface area contributed by atoms with Gasteiger partial charge in [-0.05, 0) is 57.0 Å². The van der Waals surface area contributed by atoms with Crippen LogP contribution >= 0.6 is 0 Å². The molecule has 2 aliphatic heterocycles. The van der Waals surface area contributed by atoms with E-state index in [1.165, 1.54) is 64.7 Å². The highest BCUT2D eigenvalue weighted by molar-refractivity contribution is 6.94. The smallest absolute Gasteiger partial charge is 0.123 e. The summed E-state index contributed by atoms with van der Waals surface area (Å²) in [4.78, 5) is 0. The molecule has 0 aromatic carbocycles. The molecule has 0 aromatic rings. The molecule has 4 heteroatoms. The predicted molar refractivity (Wildman–Crippen MR) is 95.2 cm³/mol. The van der Waals surface area contributed by atoms with Crippen molar-refractivity contribution in [3.05, 3.63) is 0 Å². The molecule has 2 rings (SSSR count). The van der Waals surface area contributed by atoms with E-state index in [0.717, 1.165) is 5.16 Å². The SMILES string of the molecule is CC([Si](C)(C)N1CCCCC1)[Si](C)(C)N1CCCCC1. The van der Waals surface area contributed by atoms with Crippen molar-refractivity contribution in [1.82, 2.24) is 9.13 Å². The van der Waals surface area contributed by atoms with Gasteiger partial charge in [-0.3, -0.25) is 0 Å². The highest BCUT2D eigenvalue weighted by Crippen LogP contribution is 2.38. The van der Waals surface area contributed by atoms with Gasteiger partial charge in [0, 0.05) is 0 Å². The van der Waals surface area contributed by atoms with Gasteiger partial charge < -0.3 is 9.13 Å². The number of nitrogens with zero attached hydrogens (tertiary/aromatic N) is 2. The van der Waals surface area contributed by atoms with Crippen molar-refractivity contribution in [2.24, 2.45) is 0 Å². The maximum atomic E-state index is 2.93. The molecule has 0 aromatic heterocycles. The van der Waals surface area contributed by atoms with Crippen LogP contribution in [0.25, 0.3) is 0 Å². The lowest BCUT2D eigenvalue weighted by Gasteiger charge is -2.52. The summed E-state index contributed by atoms with van der Waals surface area (Å²) in [5.74, 6) is 0. The first kappa shape index (κ1) is 16.7. The summed E-state index contributed by atoms with van der Waals surface area (Å²) in [5.41, 5.74) is 0. The zero-order chi connectivity index (χ0) is 14.8. The Bertz CT molecular complexity index is 276. The van der Waals surface area contributed by atoms with Gasteiger partial charge in [-0.25, -0.2) is 0 Å². The third-order valence-corrected chi connectivity index (χ3v) is 19.1. The second-order valence-corrected chi connectivity index (χ2v) is 18.3. The summed E-state index contributed by atoms with van der Waals surface area (Å²) in [6.07, 6.45) is 8.68. The molecule has 0 spiro atoms. The van der Waals surface area contributed by atoms with E-state index < -0.39 is 16.5 Å². The van der Waals surface area contributed by atoms with E-state index >= 15 is 0 Å². The molecular formula is C16H36N2Si2. The number of hydrogen-bond acceptors (Lipinski definition) is 2. The zero-order valence-electron chi connectivity index (χ0n) is 14.5. The van der Waals surface area contributed by atoms with Crippen LogP contribution in [0.4, 0.5) is 0 Å². The van der Waals surface area contributed by atoms with Crippen LogP contribution in [0.1, 0.15) is 45.4 Å². The van der Waals surface area contributed by atoms with Gasteiger partial charge in [0.1, 0.15) is 16.5 Å². The Balaban J connectivity index is 2.08. The predicted octanol–water partition coefficient (Wildman–Crippen LogP) is 4.30. The molecule has 0 bridgehead atoms. The van der Waals surface area contributed by atoms with Crippen molar-refractivity contribution in [2.75, 3.05) is 26.2 Å². The first-order valence-corrected chi connectivity index (χ1v) is 14.9. The lowest BCUT2D eigenvalue weighted by molar-refractivity contribution is 0.329. The molecule has 0 saturated carbocycles. The topological polar surface area (TPSA) is 6.48 Å². The van der Waals surface area contributed by atoms with Crippen LogP contribution in [-0.4, -0.2) is 51.8 Å². The fourth-order valence-corrected chi connectivity index (χ4v) is 16.4. The van der Waals surface area contributed by atoms with E-state index in [1.54, 1.807) is 0 Å². The average molecular weight is 313 g/mol. The molecule has 0 aliphatic carbocycles. The van der Waals surface area contributed by atoms with Crippen molar-refractivity contribution in [2.45, 2.75) is 76.8 Å². The van der Waals surface area contributed by atoms with Crippen LogP contribution in [0.15, 0.2) is 0 Å². The number of rotatable bonds is 4. The zero-order valence-corrected chi connectivity index (χ0v) is 16.5. The van der Waals surface area contributed by atoms with Crippen molar-refractivity contribution in [3.8, 4) is 0 Å². The van der Waals surface area contributed by atoms with E-state index in [2.05, 4.69) is 42.2 Å². The van der Waals surface area contributed by atoms with Gasteiger partial charge in [-0.1, -0.05) is 46.0 Å². The molecular weight excluding hydrogens is 276 g/mol. The molecule has 0 atom stereocenters. The van der Waals surface area contributed by atoms with Crippen LogP contribution < -0.4 is 0 Å². The first-order chi connectivity index (χ1) is 9.37. The van der Waals surface area contributed by atoms with Gasteiger partial charge in [0.25, 0.3) is 0 Å². The molecule has 0 radical (unpaired) electrons. The molecule has 2 aliphatic rings. The molecule has 2 saturated heterocycles. The molecule has 2 nitrogen and oxygen atoms in total. The van der Waals surface area contributed by atoms with Crippen molar-refractivity contribution < 1.29 is 0 Å². The molecule has 20 heavy (non-hydrogen) atoms. The lowest BCUT2D eigenvalue weighted by Crippen LogP contribution is -2.64. The molecule has 0 unspecified atom stereocenters. The van der Waals surface area contributed by atoms with Crippen LogP contribution in [-0.2, 0) is 0 Å². The summed E-state index contributed by atoms with van der Waals surface area (Å²) < 4.78 is 5.86. The lowest BCUT2D eigenvalue weighted by atomic mass is 10.2. The molecule has 118 valence electrons. The second-order valence-electron chi connectivity index (χ2n) is 8.12. The van der Waals surface area contributed by atoms with Gasteiger partial charge in [-0.15, -0.1) is 0 Å². The van der Waals surface area contributed by atoms with Gasteiger partial charge in [0.05, 0.1) is 0 Å². The minimum atomic E-state index is -1.27. The normalized spacial score (nSPS) is 24.3. The van der Waals surface area contributed by atoms with E-state index in [-0.39, 0.29) is 0 Å². The van der Waals surface area contributed by atoms with Gasteiger partial charge in [0.2, 0.25) is 0 Å². The second kappa shape index (κ2) is 6.63. The Morgan fingerprint density at radius 2 is 0.900 bits per heavy atom. The first-order valence-electron chi connectivity index (χ1n) is 8.87. The summed E-state index contributed by atoms with van der Waals surface area (Å²) in [6.45, 7) is 18.8. The van der Waals surface area contributed by atoms with E-state index in [0.29, 0.717) is 0 Å². The Morgan fingerprint density at radius 1 is 0.600 bits per heavy atom. The third kappa shape index (κ3) is 3.39. The number of piperidine rings is 2. The highest BCUT2D eigenvalue weighted by atomic mass is 28.4. The Labute approximate surface area is 129 Å². The minimum Gasteiger partial charge on any atom is -0.324 e. The van der Waals surface area contributed by atoms with Crippen LogP contribution in [0.5, 0.6) is 0 Å². The maximum absolute atomic E-state index is 2.93. The van der Waals surface area contributed by atoms with Crippen molar-refractivity contribution in [3.63, 3.8) is 0 Å². The van der Waals surface area contributed by atoms with E-state index in [9.17, 15) is 0 Å². The summed E-state index contributed by atoms with van der Waals surface area (Å²) in [7, 11) is -2.54. The fourth-order valence-electron chi connectivity index (χ4n) is 4.35. The van der Waals surface area contributed by atoms with E-state index in [1.807, 2.05) is 0 Å². The van der Waals surface area contributed by atoms with Crippen LogP contribution in [0, 0.1) is 0 Å². The highest BCUT2D eigenvalue weighted by Gasteiger charge is 2.47. The minimum absolute atomic E-state index is 0.964. The molecule has 0 amide bonds. The Morgan fingerprint density at radius 3 is 1.20 bits per heavy atom. The van der Waals surface area contributed by atoms with Gasteiger partial charge in [-0.2, -0.15) is 0 Å². The largest absolute Gasteiger partial charge is 0.324 e. The maximum Gasteiger partial charge on any atom is 0.123 e.